The van der Waals surface area contributed by atoms with Gasteiger partial charge in [-0.05, 0) is 26.5 Å². The lowest BCUT2D eigenvalue weighted by Crippen LogP contribution is -2.43. The molecule has 100 valence electrons. The summed E-state index contributed by atoms with van der Waals surface area (Å²) in [4.78, 5) is 11.9. The smallest absolute Gasteiger partial charge is 0.230 e. The fourth-order valence-corrected chi connectivity index (χ4v) is 1.48. The third-order valence-electron chi connectivity index (χ3n) is 2.61. The number of thioether (sulfide) groups is 1. The largest absolute Gasteiger partial charge is 0.409 e. The third-order valence-corrected chi connectivity index (χ3v) is 3.86. The lowest BCUT2D eigenvalue weighted by Gasteiger charge is -2.24. The fourth-order valence-electron chi connectivity index (χ4n) is 1.27. The first-order valence-electron chi connectivity index (χ1n) is 5.68. The highest BCUT2D eigenvalue weighted by Crippen LogP contribution is 2.19. The van der Waals surface area contributed by atoms with Crippen LogP contribution in [0.5, 0.6) is 0 Å². The summed E-state index contributed by atoms with van der Waals surface area (Å²) >= 11 is 1.68. The first-order chi connectivity index (χ1) is 7.87. The van der Waals surface area contributed by atoms with E-state index in [1.165, 1.54) is 0 Å². The topological polar surface area (TPSA) is 87.7 Å². The van der Waals surface area contributed by atoms with E-state index in [9.17, 15) is 4.79 Å². The first kappa shape index (κ1) is 16.1. The number of nitrogens with zero attached hydrogens (tertiary/aromatic N) is 1. The number of nitrogens with one attached hydrogen (secondary N) is 1. The van der Waals surface area contributed by atoms with Crippen LogP contribution < -0.4 is 11.1 Å². The summed E-state index contributed by atoms with van der Waals surface area (Å²) in [5.74, 6) is -0.738. The summed E-state index contributed by atoms with van der Waals surface area (Å²) in [5, 5.41) is 14.4. The SMILES string of the molecule is CCCC(C(=O)NCC(C)(C)SC)C(N)=NO. The maximum absolute atomic E-state index is 11.9. The van der Waals surface area contributed by atoms with Crippen LogP contribution in [-0.2, 0) is 4.79 Å². The molecule has 17 heavy (non-hydrogen) atoms. The summed E-state index contributed by atoms with van der Waals surface area (Å²) in [7, 11) is 0. The van der Waals surface area contributed by atoms with Crippen molar-refractivity contribution in [1.29, 1.82) is 0 Å². The number of rotatable bonds is 7. The minimum Gasteiger partial charge on any atom is -0.409 e. The molecule has 5 nitrogen and oxygen atoms in total. The van der Waals surface area contributed by atoms with Crippen LogP contribution in [0.2, 0.25) is 0 Å². The first-order valence-corrected chi connectivity index (χ1v) is 6.90. The highest BCUT2D eigenvalue weighted by Gasteiger charge is 2.24. The van der Waals surface area contributed by atoms with Crippen molar-refractivity contribution in [1.82, 2.24) is 5.32 Å². The van der Waals surface area contributed by atoms with Gasteiger partial charge < -0.3 is 16.3 Å². The van der Waals surface area contributed by atoms with Gasteiger partial charge in [-0.3, -0.25) is 4.79 Å². The summed E-state index contributed by atoms with van der Waals surface area (Å²) in [6, 6.07) is 0. The second-order valence-corrected chi connectivity index (χ2v) is 6.06. The van der Waals surface area contributed by atoms with Gasteiger partial charge in [0, 0.05) is 11.3 Å². The zero-order valence-corrected chi connectivity index (χ0v) is 11.8. The molecule has 0 heterocycles. The monoisotopic (exact) mass is 261 g/mol. The van der Waals surface area contributed by atoms with Crippen molar-refractivity contribution in [3.05, 3.63) is 0 Å². The Morgan fingerprint density at radius 1 is 1.59 bits per heavy atom. The molecule has 0 aliphatic carbocycles. The van der Waals surface area contributed by atoms with Gasteiger partial charge >= 0.3 is 0 Å². The Morgan fingerprint density at radius 3 is 2.59 bits per heavy atom. The minimum atomic E-state index is -0.539. The van der Waals surface area contributed by atoms with Crippen molar-refractivity contribution >= 4 is 23.5 Å². The third kappa shape index (κ3) is 5.81. The van der Waals surface area contributed by atoms with E-state index in [1.54, 1.807) is 11.8 Å². The van der Waals surface area contributed by atoms with Gasteiger partial charge in [0.1, 0.15) is 0 Å². The molecule has 1 amide bonds. The van der Waals surface area contributed by atoms with Gasteiger partial charge in [0.25, 0.3) is 0 Å². The van der Waals surface area contributed by atoms with Crippen LogP contribution in [0, 0.1) is 5.92 Å². The lowest BCUT2D eigenvalue weighted by molar-refractivity contribution is -0.123. The highest BCUT2D eigenvalue weighted by atomic mass is 32.2. The molecule has 0 radical (unpaired) electrons. The van der Waals surface area contributed by atoms with Crippen molar-refractivity contribution in [3.63, 3.8) is 0 Å². The van der Waals surface area contributed by atoms with Crippen LogP contribution in [0.15, 0.2) is 5.16 Å². The van der Waals surface area contributed by atoms with Crippen LogP contribution in [0.25, 0.3) is 0 Å². The van der Waals surface area contributed by atoms with E-state index in [0.29, 0.717) is 13.0 Å². The van der Waals surface area contributed by atoms with Crippen molar-refractivity contribution in [2.75, 3.05) is 12.8 Å². The second kappa shape index (κ2) is 7.42. The Morgan fingerprint density at radius 2 is 2.18 bits per heavy atom. The van der Waals surface area contributed by atoms with E-state index in [1.807, 2.05) is 13.2 Å². The molecule has 0 aliphatic rings. The maximum Gasteiger partial charge on any atom is 0.230 e. The number of hydrogen-bond donors (Lipinski definition) is 3. The van der Waals surface area contributed by atoms with Gasteiger partial charge in [-0.1, -0.05) is 18.5 Å². The lowest BCUT2D eigenvalue weighted by atomic mass is 10.0. The molecule has 0 aromatic carbocycles. The Balaban J connectivity index is 4.44. The number of carbonyl (C=O) groups is 1. The number of amidine groups is 1. The molecule has 0 aliphatic heterocycles. The van der Waals surface area contributed by atoms with E-state index in [4.69, 9.17) is 10.9 Å². The molecule has 0 saturated carbocycles. The van der Waals surface area contributed by atoms with Crippen LogP contribution in [0.4, 0.5) is 0 Å². The Hall–Kier alpha value is -0.910. The van der Waals surface area contributed by atoms with Gasteiger partial charge in [0.2, 0.25) is 5.91 Å². The molecule has 0 spiro atoms. The maximum atomic E-state index is 11.9. The number of amides is 1. The van der Waals surface area contributed by atoms with E-state index >= 15 is 0 Å². The number of hydrogen-bond acceptors (Lipinski definition) is 4. The van der Waals surface area contributed by atoms with Gasteiger partial charge in [-0.2, -0.15) is 11.8 Å². The van der Waals surface area contributed by atoms with Crippen molar-refractivity contribution in [3.8, 4) is 0 Å². The van der Waals surface area contributed by atoms with Gasteiger partial charge in [0.05, 0.1) is 5.92 Å². The molecule has 1 unspecified atom stereocenters. The van der Waals surface area contributed by atoms with Crippen molar-refractivity contribution < 1.29 is 10.0 Å². The fraction of sp³-hybridized carbons (Fsp3) is 0.818. The van der Waals surface area contributed by atoms with Gasteiger partial charge in [-0.15, -0.1) is 0 Å². The van der Waals surface area contributed by atoms with E-state index in [-0.39, 0.29) is 16.5 Å². The van der Waals surface area contributed by atoms with Crippen LogP contribution >= 0.6 is 11.8 Å². The van der Waals surface area contributed by atoms with Crippen LogP contribution in [-0.4, -0.2) is 34.5 Å². The predicted octanol–water partition coefficient (Wildman–Crippen LogP) is 1.41. The standard InChI is InChI=1S/C11H23N3O2S/c1-5-6-8(9(12)14-16)10(15)13-7-11(2,3)17-4/h8,16H,5-7H2,1-4H3,(H2,12,14)(H,13,15). The van der Waals surface area contributed by atoms with Crippen molar-refractivity contribution in [2.45, 2.75) is 38.4 Å². The molecule has 0 fully saturated rings. The molecule has 0 bridgehead atoms. The number of carbonyl (C=O) groups excluding carboxylic acids is 1. The molecule has 0 saturated heterocycles. The number of nitrogens with two attached hydrogens (primary N) is 1. The molecular weight excluding hydrogens is 238 g/mol. The zero-order chi connectivity index (χ0) is 13.5. The molecule has 0 rings (SSSR count). The normalized spacial score (nSPS) is 14.5. The Bertz CT molecular complexity index is 280. The Labute approximate surface area is 107 Å². The molecule has 0 aromatic rings. The van der Waals surface area contributed by atoms with Gasteiger partial charge in [-0.25, -0.2) is 0 Å². The van der Waals surface area contributed by atoms with E-state index in [0.717, 1.165) is 6.42 Å². The summed E-state index contributed by atoms with van der Waals surface area (Å²) in [6.45, 7) is 6.62. The number of oxime groups is 1. The zero-order valence-electron chi connectivity index (χ0n) is 11.0. The molecule has 6 heteroatoms. The van der Waals surface area contributed by atoms with Crippen LogP contribution in [0.3, 0.4) is 0 Å². The summed E-state index contributed by atoms with van der Waals surface area (Å²) in [5.41, 5.74) is 5.51. The Kier molecular flexibility index (Phi) is 7.03. The predicted molar refractivity (Wildman–Crippen MR) is 72.4 cm³/mol. The van der Waals surface area contributed by atoms with Crippen LogP contribution in [0.1, 0.15) is 33.6 Å². The minimum absolute atomic E-state index is 0.0163. The molecule has 1 atom stereocenters. The average molecular weight is 261 g/mol. The van der Waals surface area contributed by atoms with E-state index in [2.05, 4.69) is 24.3 Å². The van der Waals surface area contributed by atoms with E-state index < -0.39 is 5.92 Å². The molecule has 0 aromatic heterocycles. The average Bonchev–Trinajstić information content (AvgIpc) is 2.32. The molecular formula is C11H23N3O2S. The van der Waals surface area contributed by atoms with Crippen molar-refractivity contribution in [2.24, 2.45) is 16.8 Å². The summed E-state index contributed by atoms with van der Waals surface area (Å²) in [6.07, 6.45) is 3.39. The quantitative estimate of drug-likeness (QED) is 0.280. The van der Waals surface area contributed by atoms with Gasteiger partial charge in [0.15, 0.2) is 5.84 Å². The summed E-state index contributed by atoms with van der Waals surface area (Å²) < 4.78 is -0.0163. The molecule has 4 N–H and O–H groups in total. The highest BCUT2D eigenvalue weighted by molar-refractivity contribution is 7.99. The second-order valence-electron chi connectivity index (χ2n) is 4.55.